The van der Waals surface area contributed by atoms with E-state index in [1.54, 1.807) is 30.3 Å². The number of sulfonamides is 1. The van der Waals surface area contributed by atoms with Crippen molar-refractivity contribution in [2.75, 3.05) is 11.3 Å². The van der Waals surface area contributed by atoms with Crippen LogP contribution in [0.25, 0.3) is 0 Å². The van der Waals surface area contributed by atoms with Crippen LogP contribution in [0.1, 0.15) is 17.4 Å². The highest BCUT2D eigenvalue weighted by molar-refractivity contribution is 7.94. The van der Waals surface area contributed by atoms with Gasteiger partial charge in [0.2, 0.25) is 0 Å². The monoisotopic (exact) mass is 326 g/mol. The largest absolute Gasteiger partial charge is 0.494 e. The van der Waals surface area contributed by atoms with Crippen LogP contribution in [-0.4, -0.2) is 15.0 Å². The zero-order valence-electron chi connectivity index (χ0n) is 11.9. The number of nitrogens with one attached hydrogen (secondary N) is 1. The van der Waals surface area contributed by atoms with Gasteiger partial charge in [-0.2, -0.15) is 0 Å². The lowest BCUT2D eigenvalue weighted by molar-refractivity contribution is 0.340. The van der Waals surface area contributed by atoms with Crippen LogP contribution in [0.4, 0.5) is 5.69 Å². The minimum absolute atomic E-state index is 0.273. The topological polar surface area (TPSA) is 81.4 Å². The lowest BCUT2D eigenvalue weighted by atomic mass is 10.3. The average Bonchev–Trinajstić information content (AvgIpc) is 2.83. The number of thiophene rings is 1. The van der Waals surface area contributed by atoms with Crippen molar-refractivity contribution in [3.63, 3.8) is 0 Å². The van der Waals surface area contributed by atoms with E-state index in [1.165, 1.54) is 11.3 Å². The van der Waals surface area contributed by atoms with Gasteiger partial charge in [-0.1, -0.05) is 0 Å². The second-order valence-electron chi connectivity index (χ2n) is 4.44. The first-order valence-electron chi connectivity index (χ1n) is 6.51. The second-order valence-corrected chi connectivity index (χ2v) is 7.48. The minimum Gasteiger partial charge on any atom is -0.494 e. The summed E-state index contributed by atoms with van der Waals surface area (Å²) in [4.78, 5) is 0.877. The van der Waals surface area contributed by atoms with Gasteiger partial charge in [-0.15, -0.1) is 11.3 Å². The van der Waals surface area contributed by atoms with Crippen LogP contribution in [0.2, 0.25) is 0 Å². The predicted octanol–water partition coefficient (Wildman–Crippen LogP) is 2.71. The maximum atomic E-state index is 12.3. The number of aryl methyl sites for hydroxylation is 1. The molecule has 1 heterocycles. The van der Waals surface area contributed by atoms with Gasteiger partial charge in [0.25, 0.3) is 10.0 Å². The van der Waals surface area contributed by atoms with E-state index in [-0.39, 0.29) is 4.21 Å². The van der Waals surface area contributed by atoms with Gasteiger partial charge in [0.15, 0.2) is 0 Å². The third-order valence-electron chi connectivity index (χ3n) is 2.87. The molecule has 0 unspecified atom stereocenters. The standard InChI is InChI=1S/C14H18N2O3S2/c1-3-19-12-6-4-11(5-7-12)16-21(17,18)14-8-10(2)13(9-15)20-14/h4-8,16H,3,9,15H2,1-2H3. The van der Waals surface area contributed by atoms with E-state index in [9.17, 15) is 8.42 Å². The molecule has 0 amide bonds. The third-order valence-corrected chi connectivity index (χ3v) is 5.98. The Balaban J connectivity index is 2.20. The summed E-state index contributed by atoms with van der Waals surface area (Å²) in [7, 11) is -3.58. The quantitative estimate of drug-likeness (QED) is 0.855. The second kappa shape index (κ2) is 6.46. The smallest absolute Gasteiger partial charge is 0.271 e. The van der Waals surface area contributed by atoms with Crippen molar-refractivity contribution < 1.29 is 13.2 Å². The molecular formula is C14H18N2O3S2. The summed E-state index contributed by atoms with van der Waals surface area (Å²) in [5.74, 6) is 0.706. The Morgan fingerprint density at radius 3 is 2.48 bits per heavy atom. The summed E-state index contributed by atoms with van der Waals surface area (Å²) in [5, 5.41) is 0. The van der Waals surface area contributed by atoms with Gasteiger partial charge in [0.05, 0.1) is 6.61 Å². The Hall–Kier alpha value is -1.57. The van der Waals surface area contributed by atoms with Gasteiger partial charge >= 0.3 is 0 Å². The molecule has 114 valence electrons. The van der Waals surface area contributed by atoms with Crippen LogP contribution in [0.3, 0.4) is 0 Å². The normalized spacial score (nSPS) is 11.4. The number of nitrogens with two attached hydrogens (primary N) is 1. The van der Waals surface area contributed by atoms with Gasteiger partial charge in [-0.25, -0.2) is 8.42 Å². The molecular weight excluding hydrogens is 308 g/mol. The summed E-state index contributed by atoms with van der Waals surface area (Å²) in [6, 6.07) is 8.45. The Labute approximate surface area is 128 Å². The first-order chi connectivity index (χ1) is 9.96. The van der Waals surface area contributed by atoms with Crippen molar-refractivity contribution in [2.24, 2.45) is 5.73 Å². The van der Waals surface area contributed by atoms with Crippen molar-refractivity contribution in [2.45, 2.75) is 24.6 Å². The van der Waals surface area contributed by atoms with Gasteiger partial charge in [0, 0.05) is 17.1 Å². The highest BCUT2D eigenvalue weighted by Crippen LogP contribution is 2.27. The molecule has 1 aromatic heterocycles. The van der Waals surface area contributed by atoms with Crippen LogP contribution in [0, 0.1) is 6.92 Å². The molecule has 0 aliphatic carbocycles. The van der Waals surface area contributed by atoms with Crippen molar-refractivity contribution >= 4 is 27.0 Å². The third kappa shape index (κ3) is 3.75. The summed E-state index contributed by atoms with van der Waals surface area (Å²) in [6.07, 6.45) is 0. The molecule has 3 N–H and O–H groups in total. The fraction of sp³-hybridized carbons (Fsp3) is 0.286. The van der Waals surface area contributed by atoms with E-state index in [4.69, 9.17) is 10.5 Å². The van der Waals surface area contributed by atoms with Gasteiger partial charge < -0.3 is 10.5 Å². The lowest BCUT2D eigenvalue weighted by Gasteiger charge is -2.07. The number of benzene rings is 1. The average molecular weight is 326 g/mol. The van der Waals surface area contributed by atoms with E-state index in [1.807, 2.05) is 13.8 Å². The highest BCUT2D eigenvalue weighted by Gasteiger charge is 2.18. The number of ether oxygens (including phenoxy) is 1. The number of rotatable bonds is 6. The molecule has 0 aliphatic heterocycles. The van der Waals surface area contributed by atoms with Crippen molar-refractivity contribution in [3.8, 4) is 5.75 Å². The first kappa shape index (κ1) is 15.8. The molecule has 5 nitrogen and oxygen atoms in total. The molecule has 0 spiro atoms. The molecule has 2 rings (SSSR count). The molecule has 2 aromatic rings. The molecule has 1 aromatic carbocycles. The van der Waals surface area contributed by atoms with E-state index in [0.717, 1.165) is 10.4 Å². The van der Waals surface area contributed by atoms with E-state index < -0.39 is 10.0 Å². The summed E-state index contributed by atoms with van der Waals surface area (Å²) >= 11 is 1.20. The Bertz CT molecular complexity index is 706. The Kier molecular flexibility index (Phi) is 4.87. The van der Waals surface area contributed by atoms with Crippen LogP contribution in [0.5, 0.6) is 5.75 Å². The molecule has 7 heteroatoms. The summed E-state index contributed by atoms with van der Waals surface area (Å²) in [6.45, 7) is 4.66. The summed E-state index contributed by atoms with van der Waals surface area (Å²) in [5.41, 5.74) is 6.98. The maximum absolute atomic E-state index is 12.3. The van der Waals surface area contributed by atoms with Crippen molar-refractivity contribution in [3.05, 3.63) is 40.8 Å². The van der Waals surface area contributed by atoms with Crippen LogP contribution >= 0.6 is 11.3 Å². The maximum Gasteiger partial charge on any atom is 0.271 e. The van der Waals surface area contributed by atoms with E-state index in [0.29, 0.717) is 24.6 Å². The zero-order valence-corrected chi connectivity index (χ0v) is 13.6. The van der Waals surface area contributed by atoms with Crippen molar-refractivity contribution in [1.29, 1.82) is 0 Å². The predicted molar refractivity (Wildman–Crippen MR) is 85.4 cm³/mol. The highest BCUT2D eigenvalue weighted by atomic mass is 32.2. The van der Waals surface area contributed by atoms with E-state index >= 15 is 0 Å². The number of hydrogen-bond acceptors (Lipinski definition) is 5. The fourth-order valence-corrected chi connectivity index (χ4v) is 4.34. The molecule has 0 fully saturated rings. The fourth-order valence-electron chi connectivity index (χ4n) is 1.82. The number of anilines is 1. The number of hydrogen-bond donors (Lipinski definition) is 2. The van der Waals surface area contributed by atoms with Gasteiger partial charge in [-0.3, -0.25) is 4.72 Å². The zero-order chi connectivity index (χ0) is 15.5. The minimum atomic E-state index is -3.58. The van der Waals surface area contributed by atoms with Crippen molar-refractivity contribution in [1.82, 2.24) is 0 Å². The van der Waals surface area contributed by atoms with Crippen LogP contribution in [-0.2, 0) is 16.6 Å². The Morgan fingerprint density at radius 1 is 1.29 bits per heavy atom. The molecule has 0 aliphatic rings. The summed E-state index contributed by atoms with van der Waals surface area (Å²) < 4.78 is 32.8. The molecule has 0 bridgehead atoms. The molecule has 0 saturated heterocycles. The van der Waals surface area contributed by atoms with Gasteiger partial charge in [-0.05, 0) is 49.7 Å². The first-order valence-corrected chi connectivity index (χ1v) is 8.81. The molecule has 0 atom stereocenters. The van der Waals surface area contributed by atoms with Gasteiger partial charge in [0.1, 0.15) is 9.96 Å². The van der Waals surface area contributed by atoms with Crippen LogP contribution in [0.15, 0.2) is 34.5 Å². The molecule has 0 radical (unpaired) electrons. The van der Waals surface area contributed by atoms with E-state index in [2.05, 4.69) is 4.72 Å². The lowest BCUT2D eigenvalue weighted by Crippen LogP contribution is -2.11. The van der Waals surface area contributed by atoms with Crippen LogP contribution < -0.4 is 15.2 Å². The molecule has 21 heavy (non-hydrogen) atoms. The SMILES string of the molecule is CCOc1ccc(NS(=O)(=O)c2cc(C)c(CN)s2)cc1. The Morgan fingerprint density at radius 2 is 1.95 bits per heavy atom. The molecule has 0 saturated carbocycles.